The molecule has 10 heteroatoms. The Morgan fingerprint density at radius 3 is 2.60 bits per heavy atom. The number of ether oxygens (including phenoxy) is 1. The number of halogens is 2. The van der Waals surface area contributed by atoms with E-state index < -0.39 is 30.4 Å². The molecule has 0 spiro atoms. The second-order valence-corrected chi connectivity index (χ2v) is 6.29. The van der Waals surface area contributed by atoms with Crippen molar-refractivity contribution in [3.63, 3.8) is 0 Å². The molecule has 8 nitrogen and oxygen atoms in total. The molecule has 0 amide bonds. The van der Waals surface area contributed by atoms with Gasteiger partial charge in [0.2, 0.25) is 0 Å². The van der Waals surface area contributed by atoms with Gasteiger partial charge in [0, 0.05) is 6.20 Å². The van der Waals surface area contributed by atoms with Crippen LogP contribution in [0.2, 0.25) is 0 Å². The molecule has 0 bridgehead atoms. The topological polar surface area (TPSA) is 99.0 Å². The van der Waals surface area contributed by atoms with E-state index in [1.807, 2.05) is 0 Å². The molecule has 1 N–H and O–H groups in total. The first-order valence-corrected chi connectivity index (χ1v) is 8.78. The van der Waals surface area contributed by atoms with Gasteiger partial charge in [0.1, 0.15) is 6.61 Å². The molecule has 0 aliphatic carbocycles. The average Bonchev–Trinajstić information content (AvgIpc) is 3.21. The van der Waals surface area contributed by atoms with Gasteiger partial charge in [-0.1, -0.05) is 18.2 Å². The van der Waals surface area contributed by atoms with Gasteiger partial charge in [-0.2, -0.15) is 13.9 Å². The number of rotatable bonds is 5. The Kier molecular flexibility index (Phi) is 4.97. The number of carbonyl (C=O) groups is 1. The Balaban J connectivity index is 1.64. The number of hydrogen-bond acceptors (Lipinski definition) is 5. The third-order valence-electron chi connectivity index (χ3n) is 4.44. The van der Waals surface area contributed by atoms with Crippen molar-refractivity contribution in [3.8, 4) is 5.69 Å². The molecule has 4 rings (SSSR count). The van der Waals surface area contributed by atoms with E-state index in [4.69, 9.17) is 4.74 Å². The summed E-state index contributed by atoms with van der Waals surface area (Å²) in [6, 6.07) is 13.8. The highest BCUT2D eigenvalue weighted by molar-refractivity contribution is 5.94. The second kappa shape index (κ2) is 7.74. The molecule has 2 heterocycles. The fourth-order valence-electron chi connectivity index (χ4n) is 3.01. The summed E-state index contributed by atoms with van der Waals surface area (Å²) in [5.41, 5.74) is -0.559. The Hall–Kier alpha value is -4.08. The van der Waals surface area contributed by atoms with E-state index in [-0.39, 0.29) is 22.2 Å². The number of fused-ring (bicyclic) bond motifs is 1. The number of hydrogen-bond donors (Lipinski definition) is 1. The Morgan fingerprint density at radius 2 is 1.87 bits per heavy atom. The van der Waals surface area contributed by atoms with Crippen LogP contribution >= 0.6 is 0 Å². The molecular weight excluding hydrogens is 398 g/mol. The van der Waals surface area contributed by atoms with Gasteiger partial charge in [0.25, 0.3) is 5.56 Å². The summed E-state index contributed by atoms with van der Waals surface area (Å²) in [6.07, 6.45) is 1.17. The summed E-state index contributed by atoms with van der Waals surface area (Å²) in [4.78, 5) is 40.1. The fraction of sp³-hybridized carbons (Fsp3) is 0.100. The van der Waals surface area contributed by atoms with Crippen molar-refractivity contribution < 1.29 is 18.3 Å². The van der Waals surface area contributed by atoms with E-state index in [0.717, 1.165) is 4.57 Å². The van der Waals surface area contributed by atoms with Gasteiger partial charge in [0.15, 0.2) is 0 Å². The van der Waals surface area contributed by atoms with Crippen LogP contribution in [0.4, 0.5) is 8.78 Å². The van der Waals surface area contributed by atoms with Gasteiger partial charge in [0.05, 0.1) is 27.8 Å². The molecule has 0 aliphatic heterocycles. The van der Waals surface area contributed by atoms with Crippen molar-refractivity contribution in [1.29, 1.82) is 0 Å². The summed E-state index contributed by atoms with van der Waals surface area (Å²) in [5, 5.41) is 3.66. The molecule has 2 aromatic heterocycles. The molecule has 2 aromatic carbocycles. The monoisotopic (exact) mass is 412 g/mol. The highest BCUT2D eigenvalue weighted by Gasteiger charge is 2.16. The summed E-state index contributed by atoms with van der Waals surface area (Å²) < 4.78 is 32.1. The van der Waals surface area contributed by atoms with Crippen LogP contribution in [0.3, 0.4) is 0 Å². The summed E-state index contributed by atoms with van der Waals surface area (Å²) in [7, 11) is 0. The van der Waals surface area contributed by atoms with Crippen LogP contribution in [0.15, 0.2) is 70.4 Å². The molecule has 4 aromatic rings. The third-order valence-corrected chi connectivity index (χ3v) is 4.44. The first kappa shape index (κ1) is 19.2. The number of para-hydroxylation sites is 1. The molecule has 0 unspecified atom stereocenters. The highest BCUT2D eigenvalue weighted by Crippen LogP contribution is 2.15. The van der Waals surface area contributed by atoms with Gasteiger partial charge < -0.3 is 9.72 Å². The van der Waals surface area contributed by atoms with Gasteiger partial charge in [-0.25, -0.2) is 18.8 Å². The molecule has 0 saturated heterocycles. The summed E-state index contributed by atoms with van der Waals surface area (Å²) in [6.45, 7) is -3.26. The first-order valence-electron chi connectivity index (χ1n) is 8.78. The highest BCUT2D eigenvalue weighted by atomic mass is 19.3. The quantitative estimate of drug-likeness (QED) is 0.508. The van der Waals surface area contributed by atoms with Crippen molar-refractivity contribution in [2.75, 3.05) is 0 Å². The zero-order chi connectivity index (χ0) is 21.3. The maximum atomic E-state index is 12.8. The van der Waals surface area contributed by atoms with Gasteiger partial charge in [-0.05, 0) is 36.4 Å². The molecule has 0 aliphatic rings. The number of carbonyl (C=O) groups excluding carboxylic acids is 1. The van der Waals surface area contributed by atoms with Gasteiger partial charge >= 0.3 is 18.2 Å². The summed E-state index contributed by atoms with van der Waals surface area (Å²) >= 11 is 0. The lowest BCUT2D eigenvalue weighted by molar-refractivity contribution is 0.0335. The van der Waals surface area contributed by atoms with Crippen LogP contribution in [0.25, 0.3) is 16.6 Å². The second-order valence-electron chi connectivity index (χ2n) is 6.29. The van der Waals surface area contributed by atoms with E-state index in [2.05, 4.69) is 10.1 Å². The Labute approximate surface area is 167 Å². The lowest BCUT2D eigenvalue weighted by Gasteiger charge is -2.09. The van der Waals surface area contributed by atoms with Crippen molar-refractivity contribution >= 4 is 16.9 Å². The van der Waals surface area contributed by atoms with E-state index in [9.17, 15) is 23.2 Å². The number of esters is 1. The number of alkyl halides is 2. The SMILES string of the molecule is O=C(OCc1ccnn1C(F)F)c1ccc2c(=O)n(-c3ccccc3)c(=O)[nH]c2c1. The van der Waals surface area contributed by atoms with Crippen molar-refractivity contribution in [2.45, 2.75) is 13.2 Å². The molecule has 0 atom stereocenters. The maximum Gasteiger partial charge on any atom is 0.338 e. The smallest absolute Gasteiger partial charge is 0.338 e. The fourth-order valence-corrected chi connectivity index (χ4v) is 3.01. The molecule has 0 radical (unpaired) electrons. The molecular formula is C20H14F2N4O4. The number of nitrogens with zero attached hydrogens (tertiary/aromatic N) is 3. The van der Waals surface area contributed by atoms with Crippen LogP contribution in [-0.4, -0.2) is 25.3 Å². The third kappa shape index (κ3) is 3.50. The minimum Gasteiger partial charge on any atom is -0.456 e. The minimum absolute atomic E-state index is 0.0262. The Morgan fingerprint density at radius 1 is 1.10 bits per heavy atom. The molecule has 0 saturated carbocycles. The van der Waals surface area contributed by atoms with E-state index in [0.29, 0.717) is 10.4 Å². The zero-order valence-corrected chi connectivity index (χ0v) is 15.3. The number of benzene rings is 2. The molecule has 152 valence electrons. The Bertz CT molecular complexity index is 1340. The zero-order valence-electron chi connectivity index (χ0n) is 15.3. The van der Waals surface area contributed by atoms with Crippen molar-refractivity contribution in [1.82, 2.24) is 19.3 Å². The van der Waals surface area contributed by atoms with Crippen LogP contribution in [-0.2, 0) is 11.3 Å². The van der Waals surface area contributed by atoms with E-state index >= 15 is 0 Å². The number of aromatic amines is 1. The predicted octanol–water partition coefficient (Wildman–Crippen LogP) is 2.63. The predicted molar refractivity (Wildman–Crippen MR) is 103 cm³/mol. The molecule has 0 fully saturated rings. The van der Waals surface area contributed by atoms with Crippen molar-refractivity contribution in [3.05, 3.63) is 92.9 Å². The largest absolute Gasteiger partial charge is 0.456 e. The van der Waals surface area contributed by atoms with Crippen molar-refractivity contribution in [2.24, 2.45) is 0 Å². The minimum atomic E-state index is -2.86. The maximum absolute atomic E-state index is 12.8. The van der Waals surface area contributed by atoms with Crippen LogP contribution < -0.4 is 11.2 Å². The first-order chi connectivity index (χ1) is 14.5. The number of H-pyrrole nitrogens is 1. The van der Waals surface area contributed by atoms with Gasteiger partial charge in [-0.15, -0.1) is 0 Å². The average molecular weight is 412 g/mol. The lowest BCUT2D eigenvalue weighted by atomic mass is 10.1. The lowest BCUT2D eigenvalue weighted by Crippen LogP contribution is -2.33. The standard InChI is InChI=1S/C20H14F2N4O4/c21-19(22)26-14(8-9-23-26)11-30-18(28)12-6-7-15-16(10-12)24-20(29)25(17(15)27)13-4-2-1-3-5-13/h1-10,19H,11H2,(H,24,29). The van der Waals surface area contributed by atoms with E-state index in [1.165, 1.54) is 30.5 Å². The molecule has 30 heavy (non-hydrogen) atoms. The van der Waals surface area contributed by atoms with Crippen LogP contribution in [0, 0.1) is 0 Å². The summed E-state index contributed by atoms with van der Waals surface area (Å²) in [5.74, 6) is -0.799. The van der Waals surface area contributed by atoms with Crippen LogP contribution in [0.1, 0.15) is 22.6 Å². The van der Waals surface area contributed by atoms with Gasteiger partial charge in [-0.3, -0.25) is 4.79 Å². The van der Waals surface area contributed by atoms with E-state index in [1.54, 1.807) is 30.3 Å². The van der Waals surface area contributed by atoms with Crippen LogP contribution in [0.5, 0.6) is 0 Å². The normalized spacial score (nSPS) is 11.2. The number of nitrogens with one attached hydrogen (secondary N) is 1. The number of aromatic nitrogens is 4.